The molecule has 4 nitrogen and oxygen atoms in total. The van der Waals surface area contributed by atoms with E-state index in [1.54, 1.807) is 38.3 Å². The van der Waals surface area contributed by atoms with Crippen molar-refractivity contribution in [1.29, 1.82) is 0 Å². The maximum absolute atomic E-state index is 11.3. The summed E-state index contributed by atoms with van der Waals surface area (Å²) in [5, 5.41) is -0.476. The summed E-state index contributed by atoms with van der Waals surface area (Å²) in [4.78, 5) is 22.0. The van der Waals surface area contributed by atoms with Crippen LogP contribution in [0.25, 0.3) is 0 Å². The highest BCUT2D eigenvalue weighted by Gasteiger charge is 2.07. The van der Waals surface area contributed by atoms with Crippen LogP contribution in [-0.2, 0) is 14.3 Å². The molecule has 15 heavy (non-hydrogen) atoms. The molecule has 0 aromatic heterocycles. The van der Waals surface area contributed by atoms with Crippen LogP contribution in [-0.4, -0.2) is 24.3 Å². The number of allylic oxidation sites excluding steroid dienone is 2. The number of carbonyl (C=O) groups excluding carboxylic acids is 2. The van der Waals surface area contributed by atoms with Crippen LogP contribution >= 0.6 is 11.8 Å². The van der Waals surface area contributed by atoms with Crippen LogP contribution in [0.5, 0.6) is 0 Å². The van der Waals surface area contributed by atoms with Gasteiger partial charge >= 0.3 is 11.3 Å². The number of ether oxygens (including phenoxy) is 2. The van der Waals surface area contributed by atoms with E-state index in [2.05, 4.69) is 4.74 Å². The lowest BCUT2D eigenvalue weighted by Gasteiger charge is -2.04. The van der Waals surface area contributed by atoms with Crippen molar-refractivity contribution in [3.63, 3.8) is 0 Å². The molecule has 0 aliphatic carbocycles. The summed E-state index contributed by atoms with van der Waals surface area (Å²) in [6, 6.07) is 0. The third-order valence-corrected chi connectivity index (χ3v) is 1.88. The van der Waals surface area contributed by atoms with Crippen LogP contribution in [0.15, 0.2) is 23.8 Å². The highest BCUT2D eigenvalue weighted by molar-refractivity contribution is 8.12. The minimum atomic E-state index is -0.510. The maximum Gasteiger partial charge on any atom is 0.369 e. The lowest BCUT2D eigenvalue weighted by Crippen LogP contribution is -2.11. The lowest BCUT2D eigenvalue weighted by molar-refractivity contribution is -0.146. The second-order valence-corrected chi connectivity index (χ2v) is 3.13. The molecule has 0 N–H and O–H groups in total. The Labute approximate surface area is 93.3 Å². The number of rotatable bonds is 4. The molecule has 0 aromatic rings. The maximum atomic E-state index is 11.3. The fraction of sp³-hybridized carbons (Fsp3) is 0.400. The van der Waals surface area contributed by atoms with Crippen LogP contribution in [0.3, 0.4) is 0 Å². The molecule has 0 aliphatic rings. The molecule has 0 atom stereocenters. The second-order valence-electron chi connectivity index (χ2n) is 2.39. The normalized spacial score (nSPS) is 11.5. The monoisotopic (exact) mass is 230 g/mol. The third-order valence-electron chi connectivity index (χ3n) is 1.43. The molecule has 0 heterocycles. The Morgan fingerprint density at radius 3 is 2.40 bits per heavy atom. The number of carbonyl (C=O) groups is 2. The van der Waals surface area contributed by atoms with Gasteiger partial charge in [0.2, 0.25) is 6.79 Å². The second kappa shape index (κ2) is 8.11. The smallest absolute Gasteiger partial charge is 0.369 e. The summed E-state index contributed by atoms with van der Waals surface area (Å²) in [5.74, 6) is -0.510. The minimum absolute atomic E-state index is 0.354. The number of hydrogen-bond acceptors (Lipinski definition) is 5. The quantitative estimate of drug-likeness (QED) is 0.321. The highest BCUT2D eigenvalue weighted by Crippen LogP contribution is 2.02. The minimum Gasteiger partial charge on any atom is -0.424 e. The molecule has 84 valence electrons. The molecule has 0 rings (SSSR count). The molecule has 0 bridgehead atoms. The zero-order valence-corrected chi connectivity index (χ0v) is 9.80. The van der Waals surface area contributed by atoms with Gasteiger partial charge in [-0.05, 0) is 31.9 Å². The summed E-state index contributed by atoms with van der Waals surface area (Å²) in [5.41, 5.74) is 0.428. The van der Waals surface area contributed by atoms with Gasteiger partial charge in [0.15, 0.2) is 0 Å². The van der Waals surface area contributed by atoms with Crippen LogP contribution in [0.2, 0.25) is 0 Å². The number of esters is 1. The molecule has 0 amide bonds. The van der Waals surface area contributed by atoms with Crippen molar-refractivity contribution in [1.82, 2.24) is 0 Å². The predicted molar refractivity (Wildman–Crippen MR) is 59.5 cm³/mol. The Hall–Kier alpha value is -1.23. The molecule has 0 spiro atoms. The van der Waals surface area contributed by atoms with Crippen molar-refractivity contribution in [2.75, 3.05) is 13.0 Å². The zero-order chi connectivity index (χ0) is 11.7. The van der Waals surface area contributed by atoms with E-state index in [1.807, 2.05) is 0 Å². The van der Waals surface area contributed by atoms with Crippen molar-refractivity contribution in [2.45, 2.75) is 13.8 Å². The number of thioether (sulfide) groups is 1. The van der Waals surface area contributed by atoms with Crippen molar-refractivity contribution in [3.05, 3.63) is 23.8 Å². The van der Waals surface area contributed by atoms with E-state index in [0.717, 1.165) is 11.8 Å². The van der Waals surface area contributed by atoms with Gasteiger partial charge in [-0.2, -0.15) is 0 Å². The molecule has 0 aromatic carbocycles. The molecular weight excluding hydrogens is 216 g/mol. The van der Waals surface area contributed by atoms with Gasteiger partial charge in [0.25, 0.3) is 0 Å². The van der Waals surface area contributed by atoms with E-state index in [-0.39, 0.29) is 6.79 Å². The van der Waals surface area contributed by atoms with Gasteiger partial charge in [-0.1, -0.05) is 18.2 Å². The standard InChI is InChI=1S/C10H14O4S/c1-4-6-8(5-2)9(11)13-7-14-10(12)15-3/h4-6H,7H2,1-3H3/b6-4-,8-5+. The zero-order valence-electron chi connectivity index (χ0n) is 8.98. The molecule has 0 saturated carbocycles. The third kappa shape index (κ3) is 5.96. The summed E-state index contributed by atoms with van der Waals surface area (Å²) in [6.07, 6.45) is 6.56. The SMILES string of the molecule is C/C=C\C(=C/C)C(=O)OCOC(=O)SC. The first-order valence-electron chi connectivity index (χ1n) is 4.32. The van der Waals surface area contributed by atoms with Gasteiger partial charge in [-0.25, -0.2) is 9.59 Å². The Morgan fingerprint density at radius 1 is 1.27 bits per heavy atom. The Morgan fingerprint density at radius 2 is 1.93 bits per heavy atom. The van der Waals surface area contributed by atoms with E-state index < -0.39 is 11.3 Å². The fourth-order valence-electron chi connectivity index (χ4n) is 0.735. The molecule has 0 fully saturated rings. The van der Waals surface area contributed by atoms with Gasteiger partial charge < -0.3 is 9.47 Å². The predicted octanol–water partition coefficient (Wildman–Crippen LogP) is 2.51. The summed E-state index contributed by atoms with van der Waals surface area (Å²) >= 11 is 0.920. The average Bonchev–Trinajstić information content (AvgIpc) is 2.25. The average molecular weight is 230 g/mol. The van der Waals surface area contributed by atoms with Crippen LogP contribution in [0.1, 0.15) is 13.8 Å². The summed E-state index contributed by atoms with van der Waals surface area (Å²) in [7, 11) is 0. The van der Waals surface area contributed by atoms with Crippen molar-refractivity contribution >= 4 is 23.0 Å². The molecule has 5 heteroatoms. The Balaban J connectivity index is 3.98. The van der Waals surface area contributed by atoms with E-state index >= 15 is 0 Å². The molecule has 0 unspecified atom stereocenters. The first kappa shape index (κ1) is 13.8. The van der Waals surface area contributed by atoms with Crippen LogP contribution in [0.4, 0.5) is 4.79 Å². The first-order valence-corrected chi connectivity index (χ1v) is 5.55. The highest BCUT2D eigenvalue weighted by atomic mass is 32.2. The van der Waals surface area contributed by atoms with Gasteiger partial charge in [-0.3, -0.25) is 0 Å². The summed E-state index contributed by atoms with van der Waals surface area (Å²) in [6.45, 7) is 3.17. The fourth-order valence-corrected chi connectivity index (χ4v) is 0.901. The molecular formula is C10H14O4S. The van der Waals surface area contributed by atoms with E-state index in [9.17, 15) is 9.59 Å². The number of hydrogen-bond donors (Lipinski definition) is 0. The van der Waals surface area contributed by atoms with Crippen molar-refractivity contribution < 1.29 is 19.1 Å². The largest absolute Gasteiger partial charge is 0.424 e. The van der Waals surface area contributed by atoms with Gasteiger partial charge in [-0.15, -0.1) is 0 Å². The van der Waals surface area contributed by atoms with Gasteiger partial charge in [0.1, 0.15) is 0 Å². The topological polar surface area (TPSA) is 52.6 Å². The van der Waals surface area contributed by atoms with E-state index in [4.69, 9.17) is 4.74 Å². The van der Waals surface area contributed by atoms with E-state index in [0.29, 0.717) is 5.57 Å². The summed E-state index contributed by atoms with van der Waals surface area (Å²) < 4.78 is 9.27. The molecule has 0 radical (unpaired) electrons. The van der Waals surface area contributed by atoms with E-state index in [1.165, 1.54) is 0 Å². The first-order chi connectivity index (χ1) is 7.15. The van der Waals surface area contributed by atoms with Gasteiger partial charge in [0, 0.05) is 0 Å². The Bertz CT molecular complexity index is 281. The van der Waals surface area contributed by atoms with Crippen molar-refractivity contribution in [2.24, 2.45) is 0 Å². The Kier molecular flexibility index (Phi) is 7.44. The molecule has 0 saturated heterocycles. The van der Waals surface area contributed by atoms with Gasteiger partial charge in [0.05, 0.1) is 5.57 Å². The van der Waals surface area contributed by atoms with Crippen LogP contribution < -0.4 is 0 Å². The molecule has 0 aliphatic heterocycles. The van der Waals surface area contributed by atoms with Crippen molar-refractivity contribution in [3.8, 4) is 0 Å². The van der Waals surface area contributed by atoms with Crippen LogP contribution in [0, 0.1) is 0 Å². The lowest BCUT2D eigenvalue weighted by atomic mass is 10.2.